The van der Waals surface area contributed by atoms with Gasteiger partial charge in [-0.1, -0.05) is 13.8 Å². The van der Waals surface area contributed by atoms with Crippen molar-refractivity contribution < 1.29 is 5.11 Å². The first-order valence-electron chi connectivity index (χ1n) is 5.19. The number of aliphatic hydroxyl groups is 1. The summed E-state index contributed by atoms with van der Waals surface area (Å²) in [6.45, 7) is 5.40. The first-order chi connectivity index (χ1) is 6.06. The summed E-state index contributed by atoms with van der Waals surface area (Å²) in [6, 6.07) is 0.223. The molecule has 1 fully saturated rings. The normalized spacial score (nSPS) is 21.9. The van der Waals surface area contributed by atoms with Crippen molar-refractivity contribution in [2.24, 2.45) is 11.7 Å². The number of aliphatic hydroxyl groups excluding tert-OH is 1. The monoisotopic (exact) mass is 186 g/mol. The molecular formula is C10H22N2O. The molecule has 13 heavy (non-hydrogen) atoms. The van der Waals surface area contributed by atoms with Crippen molar-refractivity contribution >= 4 is 0 Å². The Morgan fingerprint density at radius 3 is 2.46 bits per heavy atom. The average Bonchev–Trinajstić information content (AvgIpc) is 2.77. The molecular weight excluding hydrogens is 164 g/mol. The molecule has 3 nitrogen and oxygen atoms in total. The Kier molecular flexibility index (Phi) is 3.71. The molecule has 0 unspecified atom stereocenters. The molecule has 3 heteroatoms. The summed E-state index contributed by atoms with van der Waals surface area (Å²) in [6.07, 6.45) is 3.27. The van der Waals surface area contributed by atoms with Gasteiger partial charge in [0.2, 0.25) is 0 Å². The van der Waals surface area contributed by atoms with E-state index in [0.29, 0.717) is 5.92 Å². The zero-order valence-corrected chi connectivity index (χ0v) is 8.71. The number of nitrogens with one attached hydrogen (secondary N) is 1. The Bertz CT molecular complexity index is 155. The largest absolute Gasteiger partial charge is 0.395 e. The lowest BCUT2D eigenvalue weighted by Crippen LogP contribution is -2.43. The van der Waals surface area contributed by atoms with Crippen LogP contribution in [0.2, 0.25) is 0 Å². The molecule has 1 atom stereocenters. The van der Waals surface area contributed by atoms with E-state index in [1.165, 1.54) is 0 Å². The predicted molar refractivity (Wildman–Crippen MR) is 54.5 cm³/mol. The highest BCUT2D eigenvalue weighted by Gasteiger charge is 2.37. The Hall–Kier alpha value is -0.120. The van der Waals surface area contributed by atoms with Crippen molar-refractivity contribution in [2.75, 3.05) is 13.2 Å². The third kappa shape index (κ3) is 4.07. The van der Waals surface area contributed by atoms with Crippen LogP contribution in [-0.2, 0) is 0 Å². The van der Waals surface area contributed by atoms with Crippen LogP contribution in [0.25, 0.3) is 0 Å². The van der Waals surface area contributed by atoms with Gasteiger partial charge in [0.1, 0.15) is 0 Å². The average molecular weight is 186 g/mol. The first-order valence-corrected chi connectivity index (χ1v) is 5.19. The van der Waals surface area contributed by atoms with Crippen LogP contribution < -0.4 is 11.1 Å². The molecule has 0 aromatic rings. The van der Waals surface area contributed by atoms with Crippen LogP contribution in [0.4, 0.5) is 0 Å². The second-order valence-corrected chi connectivity index (χ2v) is 4.75. The summed E-state index contributed by atoms with van der Waals surface area (Å²) in [4.78, 5) is 0. The molecule has 0 aliphatic heterocycles. The van der Waals surface area contributed by atoms with Gasteiger partial charge in [-0.2, -0.15) is 0 Å². The Labute approximate surface area is 80.7 Å². The SMILES string of the molecule is CC(C)C[C@H](CO)NCC1(N)CC1. The first kappa shape index (κ1) is 11.0. The number of hydrogen-bond acceptors (Lipinski definition) is 3. The third-order valence-corrected chi connectivity index (χ3v) is 2.61. The van der Waals surface area contributed by atoms with Crippen molar-refractivity contribution in [1.29, 1.82) is 0 Å². The highest BCUT2D eigenvalue weighted by atomic mass is 16.3. The lowest BCUT2D eigenvalue weighted by molar-refractivity contribution is 0.222. The third-order valence-electron chi connectivity index (χ3n) is 2.61. The molecule has 0 aromatic heterocycles. The van der Waals surface area contributed by atoms with Crippen molar-refractivity contribution in [3.63, 3.8) is 0 Å². The van der Waals surface area contributed by atoms with E-state index in [-0.39, 0.29) is 18.2 Å². The van der Waals surface area contributed by atoms with Crippen molar-refractivity contribution in [3.05, 3.63) is 0 Å². The van der Waals surface area contributed by atoms with Gasteiger partial charge in [0.15, 0.2) is 0 Å². The lowest BCUT2D eigenvalue weighted by Gasteiger charge is -2.20. The molecule has 0 saturated heterocycles. The van der Waals surface area contributed by atoms with Crippen LogP contribution in [0.1, 0.15) is 33.1 Å². The minimum absolute atomic E-state index is 0.0460. The summed E-state index contributed by atoms with van der Waals surface area (Å²) in [5, 5.41) is 12.4. The Morgan fingerprint density at radius 2 is 2.08 bits per heavy atom. The molecule has 4 N–H and O–H groups in total. The van der Waals surface area contributed by atoms with E-state index >= 15 is 0 Å². The number of nitrogens with two attached hydrogens (primary N) is 1. The van der Waals surface area contributed by atoms with Crippen LogP contribution >= 0.6 is 0 Å². The molecule has 78 valence electrons. The molecule has 1 aliphatic carbocycles. The zero-order chi connectivity index (χ0) is 9.90. The predicted octanol–water partition coefficient (Wildman–Crippen LogP) is 0.474. The molecule has 1 aliphatic rings. The number of hydrogen-bond donors (Lipinski definition) is 3. The van der Waals surface area contributed by atoms with Crippen molar-refractivity contribution in [3.8, 4) is 0 Å². The van der Waals surface area contributed by atoms with Gasteiger partial charge in [0.05, 0.1) is 6.61 Å². The number of rotatable bonds is 6. The van der Waals surface area contributed by atoms with Crippen LogP contribution in [-0.4, -0.2) is 29.8 Å². The van der Waals surface area contributed by atoms with Gasteiger partial charge >= 0.3 is 0 Å². The maximum Gasteiger partial charge on any atom is 0.0584 e. The molecule has 1 saturated carbocycles. The van der Waals surface area contributed by atoms with E-state index in [4.69, 9.17) is 10.8 Å². The summed E-state index contributed by atoms with van der Waals surface area (Å²) >= 11 is 0. The maximum atomic E-state index is 9.09. The standard InChI is InChI=1S/C10H22N2O/c1-8(2)5-9(6-13)12-7-10(11)3-4-10/h8-9,12-13H,3-7,11H2,1-2H3/t9-/m1/s1. The fourth-order valence-electron chi connectivity index (χ4n) is 1.48. The van der Waals surface area contributed by atoms with E-state index in [2.05, 4.69) is 19.2 Å². The summed E-state index contributed by atoms with van der Waals surface area (Å²) < 4.78 is 0. The molecule has 0 aromatic carbocycles. The Morgan fingerprint density at radius 1 is 1.46 bits per heavy atom. The lowest BCUT2D eigenvalue weighted by atomic mass is 10.0. The molecule has 0 radical (unpaired) electrons. The van der Waals surface area contributed by atoms with Gasteiger partial charge in [-0.05, 0) is 25.2 Å². The highest BCUT2D eigenvalue weighted by Crippen LogP contribution is 2.31. The summed E-state index contributed by atoms with van der Waals surface area (Å²) in [5.74, 6) is 0.623. The summed E-state index contributed by atoms with van der Waals surface area (Å²) in [5.41, 5.74) is 5.98. The van der Waals surface area contributed by atoms with Crippen LogP contribution in [0.5, 0.6) is 0 Å². The minimum Gasteiger partial charge on any atom is -0.395 e. The van der Waals surface area contributed by atoms with E-state index in [1.54, 1.807) is 0 Å². The smallest absolute Gasteiger partial charge is 0.0584 e. The Balaban J connectivity index is 2.15. The van der Waals surface area contributed by atoms with Gasteiger partial charge in [-0.3, -0.25) is 0 Å². The van der Waals surface area contributed by atoms with E-state index < -0.39 is 0 Å². The zero-order valence-electron chi connectivity index (χ0n) is 8.71. The highest BCUT2D eigenvalue weighted by molar-refractivity contribution is 5.00. The van der Waals surface area contributed by atoms with Crippen LogP contribution in [0.3, 0.4) is 0 Å². The van der Waals surface area contributed by atoms with Gasteiger partial charge in [-0.15, -0.1) is 0 Å². The molecule has 1 rings (SSSR count). The molecule has 0 amide bonds. The van der Waals surface area contributed by atoms with Crippen LogP contribution in [0.15, 0.2) is 0 Å². The van der Waals surface area contributed by atoms with Gasteiger partial charge in [0, 0.05) is 18.1 Å². The van der Waals surface area contributed by atoms with Crippen LogP contribution in [0, 0.1) is 5.92 Å². The second-order valence-electron chi connectivity index (χ2n) is 4.75. The van der Waals surface area contributed by atoms with Gasteiger partial charge in [-0.25, -0.2) is 0 Å². The van der Waals surface area contributed by atoms with Crippen molar-refractivity contribution in [2.45, 2.75) is 44.7 Å². The molecule has 0 spiro atoms. The molecule has 0 bridgehead atoms. The van der Waals surface area contributed by atoms with Crippen molar-refractivity contribution in [1.82, 2.24) is 5.32 Å². The summed E-state index contributed by atoms with van der Waals surface area (Å²) in [7, 11) is 0. The quantitative estimate of drug-likeness (QED) is 0.565. The maximum absolute atomic E-state index is 9.09. The van der Waals surface area contributed by atoms with Gasteiger partial charge in [0.25, 0.3) is 0 Å². The fourth-order valence-corrected chi connectivity index (χ4v) is 1.48. The van der Waals surface area contributed by atoms with E-state index in [1.807, 2.05) is 0 Å². The van der Waals surface area contributed by atoms with Gasteiger partial charge < -0.3 is 16.2 Å². The topological polar surface area (TPSA) is 58.3 Å². The minimum atomic E-state index is 0.0460. The second kappa shape index (κ2) is 4.40. The molecule has 0 heterocycles. The fraction of sp³-hybridized carbons (Fsp3) is 1.00. The van der Waals surface area contributed by atoms with E-state index in [0.717, 1.165) is 25.8 Å². The van der Waals surface area contributed by atoms with E-state index in [9.17, 15) is 0 Å².